The van der Waals surface area contributed by atoms with Crippen molar-refractivity contribution in [3.63, 3.8) is 0 Å². The highest BCUT2D eigenvalue weighted by molar-refractivity contribution is 9.10. The zero-order chi connectivity index (χ0) is 15.0. The van der Waals surface area contributed by atoms with Gasteiger partial charge in [0.05, 0.1) is 16.2 Å². The Bertz CT molecular complexity index is 652. The lowest BCUT2D eigenvalue weighted by Gasteiger charge is -2.22. The molecule has 0 aliphatic carbocycles. The fourth-order valence-corrected chi connectivity index (χ4v) is 3.99. The van der Waals surface area contributed by atoms with Gasteiger partial charge in [-0.1, -0.05) is 0 Å². The van der Waals surface area contributed by atoms with E-state index in [9.17, 15) is 0 Å². The van der Waals surface area contributed by atoms with Gasteiger partial charge in [-0.3, -0.25) is 0 Å². The van der Waals surface area contributed by atoms with Crippen molar-refractivity contribution < 1.29 is 9.47 Å². The van der Waals surface area contributed by atoms with Crippen LogP contribution in [0, 0.1) is 13.8 Å². The van der Waals surface area contributed by atoms with E-state index >= 15 is 0 Å². The Hall–Kier alpha value is -1.11. The molecule has 0 fully saturated rings. The number of nitrogens with one attached hydrogen (secondary N) is 1. The van der Waals surface area contributed by atoms with Crippen molar-refractivity contribution in [2.24, 2.45) is 0 Å². The molecule has 1 aliphatic heterocycles. The summed E-state index contributed by atoms with van der Waals surface area (Å²) in [5.41, 5.74) is 2.20. The highest BCUT2D eigenvalue weighted by Gasteiger charge is 2.22. The third-order valence-corrected chi connectivity index (χ3v) is 5.26. The van der Waals surface area contributed by atoms with Gasteiger partial charge in [-0.05, 0) is 54.5 Å². The van der Waals surface area contributed by atoms with Crippen molar-refractivity contribution >= 4 is 27.3 Å². The van der Waals surface area contributed by atoms with Crippen molar-refractivity contribution in [2.75, 3.05) is 20.3 Å². The molecule has 0 saturated heterocycles. The van der Waals surface area contributed by atoms with Crippen molar-refractivity contribution in [2.45, 2.75) is 19.9 Å². The molecule has 0 radical (unpaired) electrons. The Balaban J connectivity index is 2.03. The molecule has 2 aromatic rings. The topological polar surface area (TPSA) is 43.4 Å². The van der Waals surface area contributed by atoms with Crippen LogP contribution in [0.2, 0.25) is 0 Å². The van der Waals surface area contributed by atoms with Crippen LogP contribution in [-0.4, -0.2) is 25.2 Å². The van der Waals surface area contributed by atoms with E-state index in [0.717, 1.165) is 32.2 Å². The molecule has 0 amide bonds. The summed E-state index contributed by atoms with van der Waals surface area (Å²) in [5.74, 6) is 1.57. The molecule has 6 heteroatoms. The van der Waals surface area contributed by atoms with Gasteiger partial charge in [0.2, 0.25) is 0 Å². The molecule has 1 aromatic heterocycles. The molecular weight excluding hydrogens is 352 g/mol. The van der Waals surface area contributed by atoms with Crippen molar-refractivity contribution in [3.8, 4) is 11.5 Å². The molecule has 3 rings (SSSR count). The molecule has 0 bridgehead atoms. The first-order chi connectivity index (χ1) is 10.1. The zero-order valence-electron chi connectivity index (χ0n) is 12.2. The van der Waals surface area contributed by atoms with E-state index in [1.165, 1.54) is 4.88 Å². The number of hydrogen-bond donors (Lipinski definition) is 1. The number of thiazole rings is 1. The molecule has 0 spiro atoms. The second-order valence-electron chi connectivity index (χ2n) is 4.94. The molecule has 1 aromatic carbocycles. The van der Waals surface area contributed by atoms with Gasteiger partial charge in [0.25, 0.3) is 0 Å². The van der Waals surface area contributed by atoms with Crippen LogP contribution in [0.1, 0.15) is 27.2 Å². The number of hydrogen-bond acceptors (Lipinski definition) is 5. The van der Waals surface area contributed by atoms with Gasteiger partial charge in [0.1, 0.15) is 18.2 Å². The Morgan fingerprint density at radius 1 is 1.29 bits per heavy atom. The number of halogens is 1. The van der Waals surface area contributed by atoms with E-state index in [1.807, 2.05) is 20.0 Å². The number of benzene rings is 1. The quantitative estimate of drug-likeness (QED) is 0.898. The lowest BCUT2D eigenvalue weighted by molar-refractivity contribution is 0.170. The Kier molecular flexibility index (Phi) is 4.19. The predicted octanol–water partition coefficient (Wildman–Crippen LogP) is 3.60. The first-order valence-corrected chi connectivity index (χ1v) is 8.41. The molecule has 0 saturated carbocycles. The van der Waals surface area contributed by atoms with Crippen LogP contribution in [-0.2, 0) is 0 Å². The molecule has 4 nitrogen and oxygen atoms in total. The summed E-state index contributed by atoms with van der Waals surface area (Å²) in [5, 5.41) is 4.41. The summed E-state index contributed by atoms with van der Waals surface area (Å²) in [4.78, 5) is 5.92. The number of ether oxygens (including phenoxy) is 2. The molecule has 1 unspecified atom stereocenters. The van der Waals surface area contributed by atoms with Crippen molar-refractivity contribution in [1.29, 1.82) is 0 Å². The second kappa shape index (κ2) is 5.94. The number of rotatable bonds is 3. The lowest BCUT2D eigenvalue weighted by atomic mass is 10.1. The van der Waals surface area contributed by atoms with E-state index < -0.39 is 0 Å². The summed E-state index contributed by atoms with van der Waals surface area (Å²) in [7, 11) is 1.95. The van der Waals surface area contributed by atoms with Crippen molar-refractivity contribution in [3.05, 3.63) is 37.7 Å². The van der Waals surface area contributed by atoms with E-state index in [1.54, 1.807) is 11.3 Å². The monoisotopic (exact) mass is 368 g/mol. The van der Waals surface area contributed by atoms with Crippen molar-refractivity contribution in [1.82, 2.24) is 10.3 Å². The molecule has 1 aliphatic rings. The summed E-state index contributed by atoms with van der Waals surface area (Å²) in [6, 6.07) is 4.15. The summed E-state index contributed by atoms with van der Waals surface area (Å²) < 4.78 is 12.3. The van der Waals surface area contributed by atoms with Gasteiger partial charge < -0.3 is 14.8 Å². The summed E-state index contributed by atoms with van der Waals surface area (Å²) >= 11 is 5.30. The lowest BCUT2D eigenvalue weighted by Crippen LogP contribution is -2.20. The van der Waals surface area contributed by atoms with Crippen LogP contribution in [0.25, 0.3) is 0 Å². The van der Waals surface area contributed by atoms with Crippen LogP contribution in [0.15, 0.2) is 16.6 Å². The summed E-state index contributed by atoms with van der Waals surface area (Å²) in [6.07, 6.45) is 0. The molecule has 21 heavy (non-hydrogen) atoms. The zero-order valence-corrected chi connectivity index (χ0v) is 14.6. The smallest absolute Gasteiger partial charge is 0.175 e. The third kappa shape index (κ3) is 2.80. The number of aryl methyl sites for hydroxylation is 2. The van der Waals surface area contributed by atoms with Crippen LogP contribution >= 0.6 is 27.3 Å². The fraction of sp³-hybridized carbons (Fsp3) is 0.400. The number of nitrogens with zero attached hydrogens (tertiary/aromatic N) is 1. The molecular formula is C15H17BrN2O2S. The SMILES string of the molecule is CNC(c1cc(Br)c2c(c1)OCCO2)c1nc(C)c(C)s1. The Morgan fingerprint density at radius 2 is 2.05 bits per heavy atom. The maximum absolute atomic E-state index is 5.70. The maximum Gasteiger partial charge on any atom is 0.175 e. The fourth-order valence-electron chi connectivity index (χ4n) is 2.35. The summed E-state index contributed by atoms with van der Waals surface area (Å²) in [6.45, 7) is 5.32. The van der Waals surface area contributed by atoms with E-state index in [2.05, 4.69) is 39.2 Å². The third-order valence-electron chi connectivity index (χ3n) is 3.53. The average molecular weight is 369 g/mol. The Labute approximate surface area is 136 Å². The minimum Gasteiger partial charge on any atom is -0.486 e. The molecule has 1 atom stereocenters. The first kappa shape index (κ1) is 14.8. The molecule has 2 heterocycles. The normalized spacial score (nSPS) is 15.0. The standard InChI is InChI=1S/C15H17BrN2O2S/c1-8-9(2)21-15(18-8)13(17-3)10-6-11(16)14-12(7-10)19-4-5-20-14/h6-7,13,17H,4-5H2,1-3H3. The minimum atomic E-state index is 0.0505. The highest BCUT2D eigenvalue weighted by Crippen LogP contribution is 2.41. The van der Waals surface area contributed by atoms with E-state index in [4.69, 9.17) is 9.47 Å². The average Bonchev–Trinajstić information content (AvgIpc) is 2.79. The number of fused-ring (bicyclic) bond motifs is 1. The minimum absolute atomic E-state index is 0.0505. The molecule has 112 valence electrons. The van der Waals surface area contributed by atoms with E-state index in [0.29, 0.717) is 13.2 Å². The highest BCUT2D eigenvalue weighted by atomic mass is 79.9. The van der Waals surface area contributed by atoms with Crippen LogP contribution in [0.3, 0.4) is 0 Å². The van der Waals surface area contributed by atoms with Crippen LogP contribution < -0.4 is 14.8 Å². The van der Waals surface area contributed by atoms with Gasteiger partial charge in [0.15, 0.2) is 11.5 Å². The van der Waals surface area contributed by atoms with Crippen LogP contribution in [0.4, 0.5) is 0 Å². The van der Waals surface area contributed by atoms with E-state index in [-0.39, 0.29) is 6.04 Å². The van der Waals surface area contributed by atoms with Gasteiger partial charge in [-0.15, -0.1) is 11.3 Å². The van der Waals surface area contributed by atoms with Gasteiger partial charge in [-0.25, -0.2) is 4.98 Å². The second-order valence-corrected chi connectivity index (χ2v) is 7.03. The predicted molar refractivity (Wildman–Crippen MR) is 87.6 cm³/mol. The molecule has 1 N–H and O–H groups in total. The van der Waals surface area contributed by atoms with Gasteiger partial charge >= 0.3 is 0 Å². The largest absolute Gasteiger partial charge is 0.486 e. The number of aromatic nitrogens is 1. The first-order valence-electron chi connectivity index (χ1n) is 6.80. The van der Waals surface area contributed by atoms with Crippen LogP contribution in [0.5, 0.6) is 11.5 Å². The maximum atomic E-state index is 5.70. The van der Waals surface area contributed by atoms with Gasteiger partial charge in [-0.2, -0.15) is 0 Å². The van der Waals surface area contributed by atoms with Gasteiger partial charge in [0, 0.05) is 4.88 Å². The Morgan fingerprint density at radius 3 is 2.71 bits per heavy atom.